The van der Waals surface area contributed by atoms with Crippen LogP contribution in [0.5, 0.6) is 0 Å². The average Bonchev–Trinajstić information content (AvgIpc) is 2.03. The summed E-state index contributed by atoms with van der Waals surface area (Å²) in [6, 6.07) is 0. The third kappa shape index (κ3) is 3.90. The molecule has 0 aromatic rings. The van der Waals surface area contributed by atoms with Crippen LogP contribution in [0.15, 0.2) is 28.9 Å². The maximum absolute atomic E-state index is 9.02. The lowest BCUT2D eigenvalue weighted by atomic mass is 10.2. The molecular weight excluding hydrogens is 164 g/mol. The van der Waals surface area contributed by atoms with Gasteiger partial charge >= 0.3 is 0 Å². The van der Waals surface area contributed by atoms with Gasteiger partial charge in [-0.15, -0.1) is 0 Å². The molecular formula is C10H16N2O. The molecule has 1 aliphatic heterocycles. The first-order valence-corrected chi connectivity index (χ1v) is 4.45. The first kappa shape index (κ1) is 9.99. The number of aliphatic hydroxyl groups excluding tert-OH is 1. The highest BCUT2D eigenvalue weighted by Crippen LogP contribution is 2.05. The van der Waals surface area contributed by atoms with E-state index < -0.39 is 0 Å². The summed E-state index contributed by atoms with van der Waals surface area (Å²) in [5.41, 5.74) is 1.17. The van der Waals surface area contributed by atoms with Gasteiger partial charge in [0.05, 0.1) is 12.4 Å². The molecule has 3 heteroatoms. The van der Waals surface area contributed by atoms with Gasteiger partial charge in [-0.1, -0.05) is 12.2 Å². The van der Waals surface area contributed by atoms with E-state index in [1.807, 2.05) is 30.3 Å². The predicted octanol–water partition coefficient (Wildman–Crippen LogP) is 1.17. The smallest absolute Gasteiger partial charge is 0.0905 e. The lowest BCUT2D eigenvalue weighted by Gasteiger charge is -2.16. The van der Waals surface area contributed by atoms with Crippen LogP contribution in [0.3, 0.4) is 0 Å². The lowest BCUT2D eigenvalue weighted by molar-refractivity contribution is 0.198. The molecule has 0 radical (unpaired) electrons. The van der Waals surface area contributed by atoms with E-state index in [-0.39, 0.29) is 6.10 Å². The van der Waals surface area contributed by atoms with Gasteiger partial charge < -0.3 is 10.0 Å². The molecule has 0 spiro atoms. The van der Waals surface area contributed by atoms with Crippen molar-refractivity contribution >= 4 is 6.34 Å². The van der Waals surface area contributed by atoms with Crippen LogP contribution < -0.4 is 0 Å². The van der Waals surface area contributed by atoms with Crippen LogP contribution in [0.25, 0.3) is 0 Å². The molecule has 0 bridgehead atoms. The Morgan fingerprint density at radius 3 is 3.15 bits per heavy atom. The Balaban J connectivity index is 2.40. The zero-order valence-corrected chi connectivity index (χ0v) is 8.14. The second-order valence-electron chi connectivity index (χ2n) is 3.37. The van der Waals surface area contributed by atoms with Gasteiger partial charge in [0.25, 0.3) is 0 Å². The minimum Gasteiger partial charge on any atom is -0.393 e. The van der Waals surface area contributed by atoms with Crippen molar-refractivity contribution in [1.82, 2.24) is 4.90 Å². The summed E-state index contributed by atoms with van der Waals surface area (Å²) in [6.07, 6.45) is 8.07. The van der Waals surface area contributed by atoms with Crippen LogP contribution >= 0.6 is 0 Å². The van der Waals surface area contributed by atoms with Crippen LogP contribution in [-0.2, 0) is 0 Å². The topological polar surface area (TPSA) is 35.8 Å². The van der Waals surface area contributed by atoms with Crippen molar-refractivity contribution in [2.45, 2.75) is 19.4 Å². The van der Waals surface area contributed by atoms with Crippen molar-refractivity contribution < 1.29 is 5.11 Å². The van der Waals surface area contributed by atoms with Gasteiger partial charge in [-0.3, -0.25) is 0 Å². The quantitative estimate of drug-likeness (QED) is 0.707. The summed E-state index contributed by atoms with van der Waals surface area (Å²) in [6.45, 7) is 2.67. The number of rotatable bonds is 3. The van der Waals surface area contributed by atoms with Crippen molar-refractivity contribution in [3.05, 3.63) is 23.9 Å². The summed E-state index contributed by atoms with van der Waals surface area (Å²) in [5.74, 6) is 0. The molecule has 1 unspecified atom stereocenters. The Kier molecular flexibility index (Phi) is 3.71. The fourth-order valence-electron chi connectivity index (χ4n) is 1.12. The first-order chi connectivity index (χ1) is 6.18. The fraction of sp³-hybridized carbons (Fsp3) is 0.500. The molecule has 3 nitrogen and oxygen atoms in total. The zero-order valence-electron chi connectivity index (χ0n) is 8.14. The Hall–Kier alpha value is -1.09. The van der Waals surface area contributed by atoms with Gasteiger partial charge in [0.15, 0.2) is 0 Å². The highest BCUT2D eigenvalue weighted by Gasteiger charge is 2.00. The SMILES string of the molecule is CC(O)CC=CC1=CN=CN(C)C1. The molecule has 1 aliphatic rings. The van der Waals surface area contributed by atoms with Crippen molar-refractivity contribution in [2.75, 3.05) is 13.6 Å². The summed E-state index contributed by atoms with van der Waals surface area (Å²) in [4.78, 5) is 6.08. The van der Waals surface area contributed by atoms with Crippen LogP contribution in [0, 0.1) is 0 Å². The number of aliphatic hydroxyl groups is 1. The van der Waals surface area contributed by atoms with Crippen molar-refractivity contribution in [3.63, 3.8) is 0 Å². The number of hydrogen-bond donors (Lipinski definition) is 1. The minimum absolute atomic E-state index is 0.262. The third-order valence-corrected chi connectivity index (χ3v) is 1.75. The fourth-order valence-corrected chi connectivity index (χ4v) is 1.12. The molecule has 13 heavy (non-hydrogen) atoms. The summed E-state index contributed by atoms with van der Waals surface area (Å²) in [7, 11) is 1.99. The molecule has 0 saturated heterocycles. The standard InChI is InChI=1S/C10H16N2O/c1-9(13)4-3-5-10-6-11-8-12(2)7-10/h3,5-6,8-9,13H,4,7H2,1-2H3. The summed E-state index contributed by atoms with van der Waals surface area (Å²) >= 11 is 0. The third-order valence-electron chi connectivity index (χ3n) is 1.75. The predicted molar refractivity (Wildman–Crippen MR) is 54.6 cm³/mol. The van der Waals surface area contributed by atoms with E-state index in [0.717, 1.165) is 6.54 Å². The number of likely N-dealkylation sites (N-methyl/N-ethyl adjacent to an activating group) is 1. The van der Waals surface area contributed by atoms with Crippen LogP contribution in [0.4, 0.5) is 0 Å². The maximum Gasteiger partial charge on any atom is 0.0905 e. The molecule has 0 aromatic heterocycles. The summed E-state index contributed by atoms with van der Waals surface area (Å²) in [5, 5.41) is 9.02. The normalized spacial score (nSPS) is 19.3. The van der Waals surface area contributed by atoms with Crippen molar-refractivity contribution in [2.24, 2.45) is 4.99 Å². The van der Waals surface area contributed by atoms with Gasteiger partial charge in [0.1, 0.15) is 0 Å². The van der Waals surface area contributed by atoms with E-state index >= 15 is 0 Å². The molecule has 0 fully saturated rings. The molecule has 0 aliphatic carbocycles. The van der Waals surface area contributed by atoms with Gasteiger partial charge in [-0.2, -0.15) is 0 Å². The van der Waals surface area contributed by atoms with E-state index in [1.165, 1.54) is 5.57 Å². The average molecular weight is 180 g/mol. The van der Waals surface area contributed by atoms with Crippen molar-refractivity contribution in [3.8, 4) is 0 Å². The van der Waals surface area contributed by atoms with Crippen LogP contribution in [-0.4, -0.2) is 36.0 Å². The van der Waals surface area contributed by atoms with Crippen LogP contribution in [0.2, 0.25) is 0 Å². The highest BCUT2D eigenvalue weighted by molar-refractivity contribution is 5.58. The van der Waals surface area contributed by atoms with Gasteiger partial charge in [0, 0.05) is 19.8 Å². The first-order valence-electron chi connectivity index (χ1n) is 4.45. The van der Waals surface area contributed by atoms with E-state index in [2.05, 4.69) is 4.99 Å². The summed E-state index contributed by atoms with van der Waals surface area (Å²) < 4.78 is 0. The second kappa shape index (κ2) is 4.82. The van der Waals surface area contributed by atoms with Crippen molar-refractivity contribution in [1.29, 1.82) is 0 Å². The maximum atomic E-state index is 9.02. The van der Waals surface area contributed by atoms with Crippen LogP contribution in [0.1, 0.15) is 13.3 Å². The zero-order chi connectivity index (χ0) is 9.68. The monoisotopic (exact) mass is 180 g/mol. The van der Waals surface area contributed by atoms with E-state index in [9.17, 15) is 0 Å². The Morgan fingerprint density at radius 2 is 2.54 bits per heavy atom. The molecule has 0 amide bonds. The molecule has 1 rings (SSSR count). The Morgan fingerprint density at radius 1 is 1.77 bits per heavy atom. The number of aliphatic imine (C=N–C) groups is 1. The highest BCUT2D eigenvalue weighted by atomic mass is 16.3. The lowest BCUT2D eigenvalue weighted by Crippen LogP contribution is -2.20. The Bertz CT molecular complexity index is 241. The molecule has 1 N–H and O–H groups in total. The number of hydrogen-bond acceptors (Lipinski definition) is 3. The molecule has 72 valence electrons. The molecule has 1 heterocycles. The second-order valence-corrected chi connectivity index (χ2v) is 3.37. The molecule has 0 aromatic carbocycles. The Labute approximate surface area is 79.1 Å². The minimum atomic E-state index is -0.262. The van der Waals surface area contributed by atoms with Gasteiger partial charge in [-0.25, -0.2) is 4.99 Å². The van der Waals surface area contributed by atoms with E-state index in [1.54, 1.807) is 13.3 Å². The van der Waals surface area contributed by atoms with E-state index in [4.69, 9.17) is 5.11 Å². The largest absolute Gasteiger partial charge is 0.393 e. The number of nitrogens with zero attached hydrogens (tertiary/aromatic N) is 2. The van der Waals surface area contributed by atoms with Gasteiger partial charge in [0.2, 0.25) is 0 Å². The van der Waals surface area contributed by atoms with E-state index in [0.29, 0.717) is 6.42 Å². The molecule has 0 saturated carbocycles. The molecule has 1 atom stereocenters. The van der Waals surface area contributed by atoms with Gasteiger partial charge in [-0.05, 0) is 18.9 Å².